The quantitative estimate of drug-likeness (QED) is 0.864. The number of rotatable bonds is 3. The van der Waals surface area contributed by atoms with Crippen LogP contribution in [-0.2, 0) is 11.2 Å². The van der Waals surface area contributed by atoms with Gasteiger partial charge in [0.25, 0.3) is 0 Å². The van der Waals surface area contributed by atoms with E-state index < -0.39 is 0 Å². The minimum absolute atomic E-state index is 0.223. The van der Waals surface area contributed by atoms with Gasteiger partial charge in [-0.2, -0.15) is 0 Å². The molecule has 2 aliphatic heterocycles. The van der Waals surface area contributed by atoms with Gasteiger partial charge >= 0.3 is 0 Å². The van der Waals surface area contributed by atoms with Crippen molar-refractivity contribution in [2.24, 2.45) is 5.41 Å². The molecule has 5 nitrogen and oxygen atoms in total. The zero-order chi connectivity index (χ0) is 17.1. The van der Waals surface area contributed by atoms with Gasteiger partial charge in [-0.1, -0.05) is 12.1 Å². The maximum Gasteiger partial charge on any atom is 0.227 e. The van der Waals surface area contributed by atoms with Gasteiger partial charge in [0, 0.05) is 50.2 Å². The van der Waals surface area contributed by atoms with Crippen molar-refractivity contribution in [3.8, 4) is 0 Å². The molecule has 0 saturated carbocycles. The van der Waals surface area contributed by atoms with E-state index in [1.54, 1.807) is 12.4 Å². The Labute approximate surface area is 148 Å². The maximum absolute atomic E-state index is 12.7. The number of carbonyl (C=O) groups excluding carboxylic acids is 1. The first-order valence-electron chi connectivity index (χ1n) is 9.07. The number of nitrogens with zero attached hydrogens (tertiary/aromatic N) is 4. The monoisotopic (exact) mass is 336 g/mol. The fraction of sp³-hybridized carbons (Fsp3) is 0.450. The van der Waals surface area contributed by atoms with Crippen molar-refractivity contribution in [3.63, 3.8) is 0 Å². The molecule has 2 aromatic heterocycles. The second-order valence-electron chi connectivity index (χ2n) is 7.32. The van der Waals surface area contributed by atoms with Crippen molar-refractivity contribution < 1.29 is 4.79 Å². The highest BCUT2D eigenvalue weighted by molar-refractivity contribution is 5.78. The highest BCUT2D eigenvalue weighted by Gasteiger charge is 2.42. The third-order valence-electron chi connectivity index (χ3n) is 5.50. The molecule has 0 bridgehead atoms. The molecule has 1 spiro atoms. The summed E-state index contributed by atoms with van der Waals surface area (Å²) in [6, 6.07) is 9.94. The molecule has 1 unspecified atom stereocenters. The number of anilines is 1. The van der Waals surface area contributed by atoms with Gasteiger partial charge in [-0.05, 0) is 43.0 Å². The lowest BCUT2D eigenvalue weighted by molar-refractivity contribution is -0.133. The van der Waals surface area contributed by atoms with Crippen molar-refractivity contribution in [1.82, 2.24) is 14.9 Å². The van der Waals surface area contributed by atoms with Crippen LogP contribution < -0.4 is 4.90 Å². The number of carbonyl (C=O) groups is 1. The first-order valence-corrected chi connectivity index (χ1v) is 9.07. The molecule has 4 heterocycles. The zero-order valence-electron chi connectivity index (χ0n) is 14.5. The first-order chi connectivity index (χ1) is 12.2. The van der Waals surface area contributed by atoms with E-state index in [2.05, 4.69) is 25.8 Å². The molecule has 0 aromatic carbocycles. The van der Waals surface area contributed by atoms with Crippen molar-refractivity contribution in [3.05, 3.63) is 54.5 Å². The molecule has 1 atom stereocenters. The number of likely N-dealkylation sites (tertiary alicyclic amines) is 1. The van der Waals surface area contributed by atoms with Crippen molar-refractivity contribution in [2.75, 3.05) is 31.1 Å². The largest absolute Gasteiger partial charge is 0.356 e. The Morgan fingerprint density at radius 1 is 1.08 bits per heavy atom. The van der Waals surface area contributed by atoms with Crippen LogP contribution in [-0.4, -0.2) is 47.0 Å². The van der Waals surface area contributed by atoms with E-state index in [1.165, 1.54) is 6.42 Å². The highest BCUT2D eigenvalue weighted by atomic mass is 16.2. The van der Waals surface area contributed by atoms with Crippen LogP contribution in [0.25, 0.3) is 0 Å². The van der Waals surface area contributed by atoms with Gasteiger partial charge in [0.05, 0.1) is 6.42 Å². The average Bonchev–Trinajstić information content (AvgIpc) is 3.06. The topological polar surface area (TPSA) is 49.3 Å². The van der Waals surface area contributed by atoms with Crippen LogP contribution in [0.2, 0.25) is 0 Å². The molecule has 1 amide bonds. The summed E-state index contributed by atoms with van der Waals surface area (Å²) in [4.78, 5) is 25.8. The van der Waals surface area contributed by atoms with E-state index in [0.717, 1.165) is 50.4 Å². The Morgan fingerprint density at radius 2 is 2.04 bits per heavy atom. The molecule has 0 radical (unpaired) electrons. The molecular formula is C20H24N4O. The summed E-state index contributed by atoms with van der Waals surface area (Å²) >= 11 is 0. The zero-order valence-corrected chi connectivity index (χ0v) is 14.5. The summed E-state index contributed by atoms with van der Waals surface area (Å²) in [7, 11) is 0. The Kier molecular flexibility index (Phi) is 4.38. The van der Waals surface area contributed by atoms with Gasteiger partial charge in [-0.25, -0.2) is 4.98 Å². The number of hydrogen-bond donors (Lipinski definition) is 0. The molecular weight excluding hydrogens is 312 g/mol. The van der Waals surface area contributed by atoms with Gasteiger partial charge in [-0.3, -0.25) is 9.78 Å². The Bertz CT molecular complexity index is 721. The number of pyridine rings is 2. The minimum Gasteiger partial charge on any atom is -0.356 e. The standard InChI is InChI=1S/C20H24N4O/c25-19(13-17-5-3-9-21-14-17)24-11-4-7-20(16-24)8-12-23(15-20)18-6-1-2-10-22-18/h1-3,5-6,9-10,14H,4,7-8,11-13,15-16H2. The molecule has 0 N–H and O–H groups in total. The van der Waals surface area contributed by atoms with Gasteiger partial charge in [0.1, 0.15) is 5.82 Å². The van der Waals surface area contributed by atoms with E-state index in [9.17, 15) is 4.79 Å². The summed E-state index contributed by atoms with van der Waals surface area (Å²) in [6.45, 7) is 3.78. The van der Waals surface area contributed by atoms with Crippen LogP contribution in [0.4, 0.5) is 5.82 Å². The van der Waals surface area contributed by atoms with Crippen LogP contribution in [0.5, 0.6) is 0 Å². The van der Waals surface area contributed by atoms with Crippen LogP contribution in [0.1, 0.15) is 24.8 Å². The van der Waals surface area contributed by atoms with Gasteiger partial charge in [0.2, 0.25) is 5.91 Å². The SMILES string of the molecule is O=C(Cc1cccnc1)N1CCCC2(CCN(c3ccccn3)C2)C1. The minimum atomic E-state index is 0.223. The Hall–Kier alpha value is -2.43. The predicted octanol–water partition coefficient (Wildman–Crippen LogP) is 2.54. The second-order valence-corrected chi connectivity index (χ2v) is 7.32. The molecule has 0 aliphatic carbocycles. The summed E-state index contributed by atoms with van der Waals surface area (Å²) in [5, 5.41) is 0. The molecule has 2 aliphatic rings. The fourth-order valence-corrected chi connectivity index (χ4v) is 4.21. The lowest BCUT2D eigenvalue weighted by Gasteiger charge is -2.40. The van der Waals surface area contributed by atoms with E-state index in [4.69, 9.17) is 0 Å². The molecule has 130 valence electrons. The molecule has 2 fully saturated rings. The Morgan fingerprint density at radius 3 is 2.84 bits per heavy atom. The van der Waals surface area contributed by atoms with E-state index in [0.29, 0.717) is 6.42 Å². The molecule has 25 heavy (non-hydrogen) atoms. The number of amides is 1. The summed E-state index contributed by atoms with van der Waals surface area (Å²) in [5.74, 6) is 1.28. The Balaban J connectivity index is 1.42. The number of piperidine rings is 1. The maximum atomic E-state index is 12.7. The molecule has 4 rings (SSSR count). The van der Waals surface area contributed by atoms with Crippen LogP contribution in [0, 0.1) is 5.41 Å². The predicted molar refractivity (Wildman–Crippen MR) is 97.3 cm³/mol. The van der Waals surface area contributed by atoms with E-state index in [1.807, 2.05) is 30.5 Å². The summed E-state index contributed by atoms with van der Waals surface area (Å²) in [5.41, 5.74) is 1.22. The van der Waals surface area contributed by atoms with Crippen molar-refractivity contribution >= 4 is 11.7 Å². The van der Waals surface area contributed by atoms with Crippen LogP contribution >= 0.6 is 0 Å². The van der Waals surface area contributed by atoms with Gasteiger partial charge in [0.15, 0.2) is 0 Å². The number of aromatic nitrogens is 2. The third-order valence-corrected chi connectivity index (χ3v) is 5.50. The van der Waals surface area contributed by atoms with Gasteiger partial charge < -0.3 is 9.80 Å². The summed E-state index contributed by atoms with van der Waals surface area (Å²) in [6.07, 6.45) is 9.27. The fourth-order valence-electron chi connectivity index (χ4n) is 4.21. The third kappa shape index (κ3) is 3.50. The average molecular weight is 336 g/mol. The molecule has 2 aromatic rings. The first kappa shape index (κ1) is 16.1. The molecule has 5 heteroatoms. The second kappa shape index (κ2) is 6.82. The van der Waals surface area contributed by atoms with Crippen LogP contribution in [0.15, 0.2) is 48.9 Å². The molecule has 2 saturated heterocycles. The van der Waals surface area contributed by atoms with Crippen LogP contribution in [0.3, 0.4) is 0 Å². The van der Waals surface area contributed by atoms with E-state index in [-0.39, 0.29) is 11.3 Å². The lowest BCUT2D eigenvalue weighted by atomic mass is 9.79. The smallest absolute Gasteiger partial charge is 0.227 e. The lowest BCUT2D eigenvalue weighted by Crippen LogP contribution is -2.47. The number of hydrogen-bond acceptors (Lipinski definition) is 4. The van der Waals surface area contributed by atoms with Crippen molar-refractivity contribution in [1.29, 1.82) is 0 Å². The van der Waals surface area contributed by atoms with Gasteiger partial charge in [-0.15, -0.1) is 0 Å². The normalized spacial score (nSPS) is 23.2. The van der Waals surface area contributed by atoms with Crippen molar-refractivity contribution in [2.45, 2.75) is 25.7 Å². The van der Waals surface area contributed by atoms with E-state index >= 15 is 0 Å². The summed E-state index contributed by atoms with van der Waals surface area (Å²) < 4.78 is 0. The highest BCUT2D eigenvalue weighted by Crippen LogP contribution is 2.40.